The molecule has 4 saturated carbocycles. The first-order valence-electron chi connectivity index (χ1n) is 34.5. The van der Waals surface area contributed by atoms with E-state index < -0.39 is 179 Å². The Kier molecular flexibility index (Phi) is 26.2. The number of halogens is 7. The van der Waals surface area contributed by atoms with E-state index >= 15 is 9.59 Å². The highest BCUT2D eigenvalue weighted by atomic mass is 35.5. The van der Waals surface area contributed by atoms with Crippen LogP contribution in [0.25, 0.3) is 0 Å². The van der Waals surface area contributed by atoms with E-state index in [0.717, 1.165) is 27.5 Å². The van der Waals surface area contributed by atoms with Crippen LogP contribution in [0, 0.1) is 35.5 Å². The Morgan fingerprint density at radius 3 is 1.78 bits per heavy atom. The van der Waals surface area contributed by atoms with E-state index in [2.05, 4.69) is 21.3 Å². The molecule has 3 saturated heterocycles. The maximum Gasteiger partial charge on any atom is 0.393 e. The highest BCUT2D eigenvalue weighted by molar-refractivity contribution is 6.20. The average molecular weight is 1380 g/mol. The van der Waals surface area contributed by atoms with Crippen molar-refractivity contribution in [3.63, 3.8) is 0 Å². The summed E-state index contributed by atoms with van der Waals surface area (Å²) in [4.78, 5) is 169. The summed E-state index contributed by atoms with van der Waals surface area (Å²) in [6.45, 7) is 5.52. The quantitative estimate of drug-likeness (QED) is 0.161. The molecular formula is C66H102ClF6N11O11. The number of hydrogen-bond acceptors (Lipinski definition) is 11. The summed E-state index contributed by atoms with van der Waals surface area (Å²) in [6, 6.07) is -9.23. The van der Waals surface area contributed by atoms with Crippen molar-refractivity contribution in [1.29, 1.82) is 0 Å². The predicted octanol–water partition coefficient (Wildman–Crippen LogP) is 6.05. The summed E-state index contributed by atoms with van der Waals surface area (Å²) in [5.41, 5.74) is -1.50. The molecule has 7 aliphatic rings. The molecule has 0 bridgehead atoms. The number of hydrogen-bond donors (Lipinski definition) is 4. The molecule has 4 N–H and O–H groups in total. The summed E-state index contributed by atoms with van der Waals surface area (Å²) < 4.78 is 83.7. The highest BCUT2D eigenvalue weighted by Crippen LogP contribution is 2.45. The van der Waals surface area contributed by atoms with E-state index in [0.29, 0.717) is 44.9 Å². The fourth-order valence-corrected chi connectivity index (χ4v) is 16.4. The van der Waals surface area contributed by atoms with Crippen LogP contribution in [0.15, 0.2) is 0 Å². The van der Waals surface area contributed by atoms with Crippen molar-refractivity contribution in [3.8, 4) is 0 Å². The number of fused-ring (bicyclic) bond motifs is 2. The van der Waals surface area contributed by atoms with Crippen LogP contribution in [0.2, 0.25) is 0 Å². The fourth-order valence-electron chi connectivity index (χ4n) is 15.8. The van der Waals surface area contributed by atoms with Gasteiger partial charge in [0, 0.05) is 66.2 Å². The van der Waals surface area contributed by atoms with E-state index in [1.807, 2.05) is 6.92 Å². The van der Waals surface area contributed by atoms with E-state index in [4.69, 9.17) is 11.6 Å². The van der Waals surface area contributed by atoms with Crippen LogP contribution in [0.5, 0.6) is 0 Å². The van der Waals surface area contributed by atoms with Gasteiger partial charge < -0.3 is 55.6 Å². The van der Waals surface area contributed by atoms with Gasteiger partial charge in [-0.3, -0.25) is 52.7 Å². The largest absolute Gasteiger partial charge is 0.393 e. The average Bonchev–Trinajstić information content (AvgIpc) is 1.76. The number of likely N-dealkylation sites (N-methyl/N-ethyl adjacent to an activating group) is 5. The molecule has 7 fully saturated rings. The Morgan fingerprint density at radius 2 is 1.18 bits per heavy atom. The summed E-state index contributed by atoms with van der Waals surface area (Å²) in [5.74, 6) is -12.2. The van der Waals surface area contributed by atoms with Crippen LogP contribution in [-0.2, 0) is 52.7 Å². The zero-order valence-electron chi connectivity index (χ0n) is 56.7. The van der Waals surface area contributed by atoms with Gasteiger partial charge in [-0.25, -0.2) is 0 Å². The summed E-state index contributed by atoms with van der Waals surface area (Å²) >= 11 is 6.36. The molecule has 29 heteroatoms. The second-order valence-corrected chi connectivity index (χ2v) is 29.2. The molecule has 12 atom stereocenters. The first-order chi connectivity index (χ1) is 44.6. The monoisotopic (exact) mass is 1370 g/mol. The van der Waals surface area contributed by atoms with Gasteiger partial charge >= 0.3 is 12.4 Å². The van der Waals surface area contributed by atoms with Crippen LogP contribution in [0.3, 0.4) is 0 Å². The number of amides is 11. The van der Waals surface area contributed by atoms with Crippen LogP contribution < -0.4 is 21.3 Å². The van der Waals surface area contributed by atoms with Crippen LogP contribution >= 0.6 is 11.6 Å². The topological polar surface area (TPSA) is 259 Å². The Bertz CT molecular complexity index is 2780. The van der Waals surface area contributed by atoms with Gasteiger partial charge in [-0.15, -0.1) is 11.6 Å². The molecule has 3 aliphatic heterocycles. The molecule has 0 aromatic rings. The molecular weight excluding hydrogens is 1270 g/mol. The minimum Gasteiger partial charge on any atom is -0.351 e. The van der Waals surface area contributed by atoms with Gasteiger partial charge in [-0.1, -0.05) is 46.0 Å². The highest BCUT2D eigenvalue weighted by Gasteiger charge is 2.52. The molecule has 11 amide bonds. The minimum absolute atomic E-state index is 0.0370. The van der Waals surface area contributed by atoms with Gasteiger partial charge in [-0.2, -0.15) is 26.3 Å². The number of alkyl halides is 7. The first-order valence-corrected chi connectivity index (χ1v) is 34.9. The number of rotatable bonds is 8. The third kappa shape index (κ3) is 18.6. The lowest BCUT2D eigenvalue weighted by molar-refractivity contribution is -0.184. The van der Waals surface area contributed by atoms with Gasteiger partial charge in [0.2, 0.25) is 65.0 Å². The summed E-state index contributed by atoms with van der Waals surface area (Å²) in [7, 11) is 6.93. The van der Waals surface area contributed by atoms with Gasteiger partial charge in [0.15, 0.2) is 0 Å². The summed E-state index contributed by atoms with van der Waals surface area (Å²) in [6.07, 6.45) is -4.14. The van der Waals surface area contributed by atoms with Crippen molar-refractivity contribution in [2.45, 2.75) is 253 Å². The number of nitrogens with zero attached hydrogens (tertiary/aromatic N) is 7. The van der Waals surface area contributed by atoms with Crippen molar-refractivity contribution in [2.24, 2.45) is 35.5 Å². The molecule has 0 aromatic carbocycles. The standard InChI is InChI=1S/C66H102ClF6N11O11/c1-10-38(2)54-62(94)79(6)37-53(87)83-31-16-20-49(83)61(93)81(8)50(35-42-21-25-44(26-22-42)65(68,69)70)60(92)78(5)36-51(85)75-47(28-24-41-23-27-45(46(67)34-41)66(71,72)73)59(91)84-32-15-19-48(84)57(89)77-64(29-13-14-30-64)63(95)82(9)55(43-17-11-12-18-43)58(90)74-39(3)33-52(86)80(7)40(4)56(88)76-54/h38-50,54-55H,10-37H2,1-9H3,(H,74,90)(H,75,85)(H,76,88)(H,77,89)/t38-,39+,40-,41?,42?,44?,45?,46?,47-,48-,49-,50-,54-,55-/m0/s1. The normalized spacial score (nSPS) is 32.7. The van der Waals surface area contributed by atoms with Crippen molar-refractivity contribution < 1.29 is 79.1 Å². The molecule has 0 aromatic heterocycles. The van der Waals surface area contributed by atoms with Crippen molar-refractivity contribution in [1.82, 2.24) is 55.6 Å². The second-order valence-electron chi connectivity index (χ2n) is 28.7. The third-order valence-electron chi connectivity index (χ3n) is 22.0. The Hall–Kier alpha value is -5.96. The fraction of sp³-hybridized carbons (Fsp3) is 0.833. The van der Waals surface area contributed by atoms with Crippen LogP contribution in [-0.4, -0.2) is 232 Å². The lowest BCUT2D eigenvalue weighted by Crippen LogP contribution is -2.64. The molecule has 3 unspecified atom stereocenters. The van der Waals surface area contributed by atoms with Crippen LogP contribution in [0.1, 0.15) is 182 Å². The lowest BCUT2D eigenvalue weighted by atomic mass is 9.78. The second kappa shape index (κ2) is 32.6. The van der Waals surface area contributed by atoms with Gasteiger partial charge in [0.25, 0.3) is 0 Å². The molecule has 0 radical (unpaired) electrons. The van der Waals surface area contributed by atoms with Crippen molar-refractivity contribution in [2.75, 3.05) is 61.4 Å². The number of nitrogens with one attached hydrogen (secondary N) is 4. The molecule has 22 nitrogen and oxygen atoms in total. The molecule has 1 spiro atoms. The molecule has 4 aliphatic carbocycles. The number of carbonyl (C=O) groups excluding carboxylic acids is 11. The van der Waals surface area contributed by atoms with Crippen molar-refractivity contribution >= 4 is 76.6 Å². The molecule has 95 heavy (non-hydrogen) atoms. The van der Waals surface area contributed by atoms with Crippen molar-refractivity contribution in [3.05, 3.63) is 0 Å². The first kappa shape index (κ1) is 76.4. The van der Waals surface area contributed by atoms with E-state index in [1.165, 1.54) is 61.8 Å². The third-order valence-corrected chi connectivity index (χ3v) is 22.5. The smallest absolute Gasteiger partial charge is 0.351 e. The van der Waals surface area contributed by atoms with E-state index in [-0.39, 0.29) is 115 Å². The zero-order chi connectivity index (χ0) is 70.2. The SMILES string of the molecule is CC[C@H](C)[C@@H]1NC(=O)[C@H](C)N(C)C(=O)C[C@@H](C)NC(=O)[C@H](C2CCCC2)N(C)C(=O)C2(CCCC2)NC(=O)[C@@H]2CCCN2C(=O)[C@H](CCC2CCC(C(F)(F)F)C(Cl)C2)NC(=O)CN(C)C(=O)[C@H](CC2CCC(C(F)(F)F)CC2)N(C)C(=O)[C@@H]2CCCN2C(=O)CN(C)C1=O. The van der Waals surface area contributed by atoms with E-state index in [1.54, 1.807) is 13.8 Å². The van der Waals surface area contributed by atoms with Gasteiger partial charge in [0.05, 0.1) is 24.9 Å². The van der Waals surface area contributed by atoms with E-state index in [9.17, 15) is 69.5 Å². The molecule has 3 heterocycles. The molecule has 536 valence electrons. The van der Waals surface area contributed by atoms with Gasteiger partial charge in [0.1, 0.15) is 47.8 Å². The maximum atomic E-state index is 15.2. The predicted molar refractivity (Wildman–Crippen MR) is 339 cm³/mol. The number of carbonyl (C=O) groups is 11. The zero-order valence-corrected chi connectivity index (χ0v) is 57.5. The Morgan fingerprint density at radius 1 is 0.579 bits per heavy atom. The minimum atomic E-state index is -4.53. The Labute approximate surface area is 559 Å². The summed E-state index contributed by atoms with van der Waals surface area (Å²) in [5, 5.41) is 10.3. The Balaban J connectivity index is 1.22. The van der Waals surface area contributed by atoms with Crippen LogP contribution in [0.4, 0.5) is 26.3 Å². The maximum absolute atomic E-state index is 15.2. The lowest BCUT2D eigenvalue weighted by Gasteiger charge is -2.40. The molecule has 7 rings (SSSR count). The van der Waals surface area contributed by atoms with Gasteiger partial charge in [-0.05, 0) is 153 Å².